The number of fused-ring (bicyclic) bond motifs is 1. The summed E-state index contributed by atoms with van der Waals surface area (Å²) in [6.45, 7) is 0. The molecule has 3 N–H and O–H groups in total. The highest BCUT2D eigenvalue weighted by Gasteiger charge is 2.17. The Morgan fingerprint density at radius 3 is 2.79 bits per heavy atom. The third kappa shape index (κ3) is 3.54. The second kappa shape index (κ2) is 7.13. The van der Waals surface area contributed by atoms with Gasteiger partial charge in [0.2, 0.25) is 0 Å². The van der Waals surface area contributed by atoms with Crippen LogP contribution in [-0.4, -0.2) is 17.3 Å². The summed E-state index contributed by atoms with van der Waals surface area (Å²) < 4.78 is 0. The van der Waals surface area contributed by atoms with Crippen molar-refractivity contribution >= 4 is 17.9 Å². The molecule has 122 valence electrons. The molecular weight excluding hydrogens is 300 g/mol. The maximum absolute atomic E-state index is 10.9. The Bertz CT molecular complexity index is 798. The number of aryl methyl sites for hydroxylation is 1. The van der Waals surface area contributed by atoms with Crippen molar-refractivity contribution in [2.24, 2.45) is 0 Å². The predicted molar refractivity (Wildman–Crippen MR) is 96.4 cm³/mol. The van der Waals surface area contributed by atoms with Gasteiger partial charge in [-0.15, -0.1) is 0 Å². The summed E-state index contributed by atoms with van der Waals surface area (Å²) in [6, 6.07) is 8.42. The van der Waals surface area contributed by atoms with E-state index >= 15 is 0 Å². The number of para-hydroxylation sites is 1. The second-order valence-electron chi connectivity index (χ2n) is 5.94. The highest BCUT2D eigenvalue weighted by molar-refractivity contribution is 6.07. The van der Waals surface area contributed by atoms with Crippen molar-refractivity contribution in [2.75, 3.05) is 5.32 Å². The fourth-order valence-electron chi connectivity index (χ4n) is 3.06. The Balaban J connectivity index is 1.78. The van der Waals surface area contributed by atoms with Gasteiger partial charge in [0.1, 0.15) is 0 Å². The molecule has 4 heteroatoms. The fraction of sp³-hybridized carbons (Fsp3) is 0.200. The molecule has 4 nitrogen and oxygen atoms in total. The predicted octanol–water partition coefficient (Wildman–Crippen LogP) is 4.24. The molecule has 24 heavy (non-hydrogen) atoms. The highest BCUT2D eigenvalue weighted by Crippen LogP contribution is 2.33. The Morgan fingerprint density at radius 2 is 2.00 bits per heavy atom. The maximum Gasteiger partial charge on any atom is 0.337 e. The molecular formula is C20H20N2O2. The molecule has 2 aliphatic rings. The maximum atomic E-state index is 10.9. The lowest BCUT2D eigenvalue weighted by molar-refractivity contribution is -0.132. The molecule has 1 aliphatic carbocycles. The molecule has 1 aromatic rings. The van der Waals surface area contributed by atoms with Crippen LogP contribution in [0.1, 0.15) is 24.8 Å². The van der Waals surface area contributed by atoms with Crippen LogP contribution in [0.2, 0.25) is 0 Å². The molecule has 0 bridgehead atoms. The van der Waals surface area contributed by atoms with E-state index in [9.17, 15) is 4.79 Å². The number of carboxylic acids is 1. The molecule has 0 atom stereocenters. The van der Waals surface area contributed by atoms with Crippen molar-refractivity contribution in [3.05, 3.63) is 76.5 Å². The summed E-state index contributed by atoms with van der Waals surface area (Å²) in [5.74, 6) is -1.08. The average molecular weight is 320 g/mol. The fourth-order valence-corrected chi connectivity index (χ4v) is 3.06. The lowest BCUT2D eigenvalue weighted by atomic mass is 9.93. The Hall–Kier alpha value is -2.88. The van der Waals surface area contributed by atoms with E-state index in [1.807, 2.05) is 6.08 Å². The van der Waals surface area contributed by atoms with Crippen LogP contribution in [0.4, 0.5) is 5.69 Å². The van der Waals surface area contributed by atoms with Crippen LogP contribution in [0.3, 0.4) is 0 Å². The van der Waals surface area contributed by atoms with E-state index in [2.05, 4.69) is 35.7 Å². The van der Waals surface area contributed by atoms with E-state index in [-0.39, 0.29) is 5.57 Å². The standard InChI is InChI=1S/C20H20N2O2/c21-13-17(20(23)24)6-3-4-14-8-11-19-16(12-14)10-9-15-5-1-2-7-18(15)22-19/h1-7,12-13,21-22H,8-11H2,(H,23,24)/b4-3+,17-6+,21-13?. The summed E-state index contributed by atoms with van der Waals surface area (Å²) >= 11 is 0. The van der Waals surface area contributed by atoms with Gasteiger partial charge in [-0.2, -0.15) is 0 Å². The topological polar surface area (TPSA) is 73.2 Å². The largest absolute Gasteiger partial charge is 0.478 e. The van der Waals surface area contributed by atoms with Crippen molar-refractivity contribution in [1.29, 1.82) is 5.41 Å². The molecule has 0 radical (unpaired) electrons. The number of allylic oxidation sites excluding steroid dienone is 7. The average Bonchev–Trinajstić information content (AvgIpc) is 2.77. The van der Waals surface area contributed by atoms with Gasteiger partial charge in [-0.3, -0.25) is 0 Å². The smallest absolute Gasteiger partial charge is 0.337 e. The molecule has 1 aromatic carbocycles. The molecule has 1 aliphatic heterocycles. The van der Waals surface area contributed by atoms with E-state index < -0.39 is 5.97 Å². The van der Waals surface area contributed by atoms with Crippen LogP contribution in [0, 0.1) is 5.41 Å². The first-order chi connectivity index (χ1) is 11.7. The number of hydrogen-bond acceptors (Lipinski definition) is 3. The van der Waals surface area contributed by atoms with Gasteiger partial charge in [-0.25, -0.2) is 4.79 Å². The second-order valence-corrected chi connectivity index (χ2v) is 5.94. The molecule has 0 amide bonds. The van der Waals surface area contributed by atoms with Crippen LogP contribution in [0.5, 0.6) is 0 Å². The van der Waals surface area contributed by atoms with E-state index in [1.54, 1.807) is 6.08 Å². The van der Waals surface area contributed by atoms with Crippen LogP contribution in [-0.2, 0) is 11.2 Å². The quantitative estimate of drug-likeness (QED) is 0.441. The van der Waals surface area contributed by atoms with Crippen LogP contribution in [0.25, 0.3) is 0 Å². The molecule has 1 heterocycles. The van der Waals surface area contributed by atoms with Gasteiger partial charge >= 0.3 is 5.97 Å². The van der Waals surface area contributed by atoms with Crippen LogP contribution < -0.4 is 5.32 Å². The highest BCUT2D eigenvalue weighted by atomic mass is 16.4. The van der Waals surface area contributed by atoms with E-state index in [1.165, 1.54) is 34.2 Å². The van der Waals surface area contributed by atoms with Gasteiger partial charge in [0.25, 0.3) is 0 Å². The summed E-state index contributed by atoms with van der Waals surface area (Å²) in [4.78, 5) is 10.9. The molecule has 0 saturated carbocycles. The number of anilines is 1. The zero-order valence-electron chi connectivity index (χ0n) is 13.4. The first-order valence-electron chi connectivity index (χ1n) is 8.07. The summed E-state index contributed by atoms with van der Waals surface area (Å²) in [7, 11) is 0. The normalized spacial score (nSPS) is 17.5. The van der Waals surface area contributed by atoms with Gasteiger partial charge in [-0.1, -0.05) is 36.4 Å². The minimum Gasteiger partial charge on any atom is -0.478 e. The van der Waals surface area contributed by atoms with Gasteiger partial charge in [0, 0.05) is 17.6 Å². The van der Waals surface area contributed by atoms with Gasteiger partial charge in [-0.05, 0) is 54.5 Å². The monoisotopic (exact) mass is 320 g/mol. The van der Waals surface area contributed by atoms with Gasteiger partial charge in [0.05, 0.1) is 5.57 Å². The number of benzene rings is 1. The number of carboxylic acid groups (broad SMARTS) is 1. The Morgan fingerprint density at radius 1 is 1.17 bits per heavy atom. The Labute approximate surface area is 141 Å². The molecule has 0 fully saturated rings. The molecule has 0 saturated heterocycles. The van der Waals surface area contributed by atoms with Crippen molar-refractivity contribution in [3.8, 4) is 0 Å². The number of carbonyl (C=O) groups is 1. The zero-order chi connectivity index (χ0) is 16.9. The number of rotatable bonds is 4. The third-order valence-corrected chi connectivity index (χ3v) is 4.37. The van der Waals surface area contributed by atoms with Crippen LogP contribution >= 0.6 is 0 Å². The van der Waals surface area contributed by atoms with Gasteiger partial charge < -0.3 is 15.8 Å². The minimum absolute atomic E-state index is 0.0193. The van der Waals surface area contributed by atoms with Crippen molar-refractivity contribution in [3.63, 3.8) is 0 Å². The first-order valence-corrected chi connectivity index (χ1v) is 8.07. The van der Waals surface area contributed by atoms with Crippen molar-refractivity contribution < 1.29 is 9.90 Å². The minimum atomic E-state index is -1.08. The molecule has 0 unspecified atom stereocenters. The SMILES string of the molecule is N=C/C(=C\C=C\C1=CC2=C(CC1)Nc1ccccc1CC2)C(=O)O. The van der Waals surface area contributed by atoms with E-state index in [0.717, 1.165) is 31.9 Å². The van der Waals surface area contributed by atoms with Gasteiger partial charge in [0.15, 0.2) is 0 Å². The van der Waals surface area contributed by atoms with Crippen molar-refractivity contribution in [1.82, 2.24) is 0 Å². The van der Waals surface area contributed by atoms with E-state index in [0.29, 0.717) is 0 Å². The van der Waals surface area contributed by atoms with E-state index in [4.69, 9.17) is 10.5 Å². The lowest BCUT2D eigenvalue weighted by Gasteiger charge is -2.18. The molecule has 0 spiro atoms. The first kappa shape index (κ1) is 16.0. The third-order valence-electron chi connectivity index (χ3n) is 4.37. The molecule has 3 rings (SSSR count). The number of hydrogen-bond donors (Lipinski definition) is 3. The van der Waals surface area contributed by atoms with Crippen molar-refractivity contribution in [2.45, 2.75) is 25.7 Å². The lowest BCUT2D eigenvalue weighted by Crippen LogP contribution is -2.06. The zero-order valence-corrected chi connectivity index (χ0v) is 13.4. The molecule has 0 aromatic heterocycles. The summed E-state index contributed by atoms with van der Waals surface area (Å²) in [5, 5.41) is 19.6. The summed E-state index contributed by atoms with van der Waals surface area (Å²) in [6.07, 6.45) is 12.1. The number of nitrogens with one attached hydrogen (secondary N) is 2. The van der Waals surface area contributed by atoms with Crippen LogP contribution in [0.15, 0.2) is 71.0 Å². The summed E-state index contributed by atoms with van der Waals surface area (Å²) in [5.41, 5.74) is 6.33. The number of aliphatic carboxylic acids is 1. The Kier molecular flexibility index (Phi) is 4.75.